The molecule has 0 aliphatic carbocycles. The molecule has 1 aliphatic rings. The van der Waals surface area contributed by atoms with Gasteiger partial charge < -0.3 is 9.64 Å². The fourth-order valence-electron chi connectivity index (χ4n) is 2.04. The van der Waals surface area contributed by atoms with Gasteiger partial charge in [-0.3, -0.25) is 4.79 Å². The van der Waals surface area contributed by atoms with Crippen molar-refractivity contribution in [2.24, 2.45) is 0 Å². The Morgan fingerprint density at radius 2 is 2.29 bits per heavy atom. The zero-order valence-corrected chi connectivity index (χ0v) is 10.1. The summed E-state index contributed by atoms with van der Waals surface area (Å²) in [7, 11) is 0. The first-order chi connectivity index (χ1) is 8.06. The smallest absolute Gasteiger partial charge is 0.325 e. The summed E-state index contributed by atoms with van der Waals surface area (Å²) in [6.07, 6.45) is 0.738. The number of fused-ring (bicyclic) bond motifs is 1. The number of carbonyl (C=O) groups excluding carboxylic acids is 1. The number of esters is 1. The molecule has 0 N–H and O–H groups in total. The van der Waals surface area contributed by atoms with E-state index in [4.69, 9.17) is 4.74 Å². The predicted molar refractivity (Wildman–Crippen MR) is 63.5 cm³/mol. The maximum Gasteiger partial charge on any atom is 0.325 e. The molecule has 0 atom stereocenters. The molecule has 4 heteroatoms. The molecule has 92 valence electrons. The molecule has 0 bridgehead atoms. The number of carbonyl (C=O) groups is 1. The summed E-state index contributed by atoms with van der Waals surface area (Å²) >= 11 is 0. The number of halogens is 1. The standard InChI is InChI=1S/C13H16FNO2/c1-9(2)17-13(16)8-15-6-5-10-3-4-11(14)7-12(10)15/h3-4,7,9H,5-6,8H2,1-2H3. The van der Waals surface area contributed by atoms with Crippen LogP contribution < -0.4 is 4.90 Å². The first-order valence-corrected chi connectivity index (χ1v) is 5.79. The molecular formula is C13H16FNO2. The van der Waals surface area contributed by atoms with Crippen molar-refractivity contribution in [2.45, 2.75) is 26.4 Å². The molecule has 0 fully saturated rings. The second-order valence-corrected chi connectivity index (χ2v) is 4.48. The zero-order chi connectivity index (χ0) is 12.4. The summed E-state index contributed by atoms with van der Waals surface area (Å²) in [6.45, 7) is 4.56. The van der Waals surface area contributed by atoms with E-state index in [0.29, 0.717) is 0 Å². The highest BCUT2D eigenvalue weighted by Gasteiger charge is 2.22. The molecule has 1 aliphatic heterocycles. The Labute approximate surface area is 100 Å². The molecule has 0 saturated heterocycles. The molecule has 17 heavy (non-hydrogen) atoms. The van der Waals surface area contributed by atoms with Gasteiger partial charge in [0.15, 0.2) is 0 Å². The topological polar surface area (TPSA) is 29.5 Å². The van der Waals surface area contributed by atoms with Gasteiger partial charge in [0.25, 0.3) is 0 Å². The van der Waals surface area contributed by atoms with Crippen molar-refractivity contribution in [3.63, 3.8) is 0 Å². The predicted octanol–water partition coefficient (Wildman–Crippen LogP) is 2.14. The van der Waals surface area contributed by atoms with Crippen LogP contribution in [0.5, 0.6) is 0 Å². The normalized spacial score (nSPS) is 14.0. The van der Waals surface area contributed by atoms with E-state index in [2.05, 4.69) is 0 Å². The third-order valence-electron chi connectivity index (χ3n) is 2.73. The van der Waals surface area contributed by atoms with Crippen LogP contribution in [0.3, 0.4) is 0 Å². The van der Waals surface area contributed by atoms with Gasteiger partial charge in [-0.25, -0.2) is 4.39 Å². The van der Waals surface area contributed by atoms with Crippen LogP contribution in [0.25, 0.3) is 0 Å². The van der Waals surface area contributed by atoms with E-state index in [-0.39, 0.29) is 24.4 Å². The number of hydrogen-bond donors (Lipinski definition) is 0. The van der Waals surface area contributed by atoms with E-state index in [1.807, 2.05) is 18.7 Å². The second kappa shape index (κ2) is 4.73. The van der Waals surface area contributed by atoms with Crippen molar-refractivity contribution in [3.05, 3.63) is 29.6 Å². The Morgan fingerprint density at radius 3 is 3.00 bits per heavy atom. The Balaban J connectivity index is 2.06. The highest BCUT2D eigenvalue weighted by molar-refractivity contribution is 5.77. The van der Waals surface area contributed by atoms with Crippen LogP contribution in [-0.2, 0) is 16.0 Å². The fourth-order valence-corrected chi connectivity index (χ4v) is 2.04. The van der Waals surface area contributed by atoms with Crippen molar-refractivity contribution >= 4 is 11.7 Å². The van der Waals surface area contributed by atoms with Gasteiger partial charge in [0.2, 0.25) is 0 Å². The molecule has 0 unspecified atom stereocenters. The molecule has 2 rings (SSSR count). The van der Waals surface area contributed by atoms with Gasteiger partial charge in [-0.1, -0.05) is 6.07 Å². The van der Waals surface area contributed by atoms with Crippen LogP contribution in [0, 0.1) is 5.82 Å². The maximum atomic E-state index is 13.1. The summed E-state index contributed by atoms with van der Waals surface area (Å²) in [5.41, 5.74) is 1.90. The van der Waals surface area contributed by atoms with Crippen molar-refractivity contribution in [1.82, 2.24) is 0 Å². The number of hydrogen-bond acceptors (Lipinski definition) is 3. The highest BCUT2D eigenvalue weighted by Crippen LogP contribution is 2.28. The summed E-state index contributed by atoms with van der Waals surface area (Å²) in [4.78, 5) is 13.4. The van der Waals surface area contributed by atoms with Crippen molar-refractivity contribution in [1.29, 1.82) is 0 Å². The third-order valence-corrected chi connectivity index (χ3v) is 2.73. The van der Waals surface area contributed by atoms with Gasteiger partial charge in [0, 0.05) is 12.2 Å². The van der Waals surface area contributed by atoms with E-state index in [1.54, 1.807) is 6.07 Å². The van der Waals surface area contributed by atoms with Crippen LogP contribution in [0.1, 0.15) is 19.4 Å². The number of nitrogens with zero attached hydrogens (tertiary/aromatic N) is 1. The summed E-state index contributed by atoms with van der Waals surface area (Å²) in [6, 6.07) is 4.71. The van der Waals surface area contributed by atoms with E-state index in [9.17, 15) is 9.18 Å². The first-order valence-electron chi connectivity index (χ1n) is 5.79. The molecule has 0 spiro atoms. The number of anilines is 1. The Morgan fingerprint density at radius 1 is 1.53 bits per heavy atom. The van der Waals surface area contributed by atoms with Crippen LogP contribution in [-0.4, -0.2) is 25.2 Å². The molecule has 3 nitrogen and oxygen atoms in total. The van der Waals surface area contributed by atoms with Crippen LogP contribution in [0.4, 0.5) is 10.1 Å². The Hall–Kier alpha value is -1.58. The average Bonchev–Trinajstić information content (AvgIpc) is 2.60. The zero-order valence-electron chi connectivity index (χ0n) is 10.1. The molecule has 0 saturated carbocycles. The lowest BCUT2D eigenvalue weighted by molar-refractivity contribution is -0.145. The number of rotatable bonds is 3. The van der Waals surface area contributed by atoms with E-state index >= 15 is 0 Å². The van der Waals surface area contributed by atoms with Gasteiger partial charge in [-0.05, 0) is 38.0 Å². The molecule has 1 aromatic carbocycles. The molecule has 0 amide bonds. The minimum Gasteiger partial charge on any atom is -0.462 e. The number of ether oxygens (including phenoxy) is 1. The van der Waals surface area contributed by atoms with Gasteiger partial charge in [0.1, 0.15) is 12.4 Å². The lowest BCUT2D eigenvalue weighted by atomic mass is 10.2. The largest absolute Gasteiger partial charge is 0.462 e. The Bertz CT molecular complexity index is 431. The third kappa shape index (κ3) is 2.75. The summed E-state index contributed by atoms with van der Waals surface area (Å²) < 4.78 is 18.2. The van der Waals surface area contributed by atoms with Gasteiger partial charge in [-0.2, -0.15) is 0 Å². The lowest BCUT2D eigenvalue weighted by Gasteiger charge is -2.19. The molecule has 1 heterocycles. The van der Waals surface area contributed by atoms with E-state index in [1.165, 1.54) is 12.1 Å². The molecule has 1 aromatic rings. The maximum absolute atomic E-state index is 13.1. The lowest BCUT2D eigenvalue weighted by Crippen LogP contribution is -2.30. The van der Waals surface area contributed by atoms with Crippen molar-refractivity contribution in [2.75, 3.05) is 18.0 Å². The van der Waals surface area contributed by atoms with Crippen molar-refractivity contribution in [3.8, 4) is 0 Å². The second-order valence-electron chi connectivity index (χ2n) is 4.48. The van der Waals surface area contributed by atoms with E-state index in [0.717, 1.165) is 24.2 Å². The fraction of sp³-hybridized carbons (Fsp3) is 0.462. The van der Waals surface area contributed by atoms with Crippen molar-refractivity contribution < 1.29 is 13.9 Å². The SMILES string of the molecule is CC(C)OC(=O)CN1CCc2ccc(F)cc21. The Kier molecular flexibility index (Phi) is 3.31. The molecule has 0 radical (unpaired) electrons. The summed E-state index contributed by atoms with van der Waals surface area (Å²) in [5, 5.41) is 0. The number of benzene rings is 1. The van der Waals surface area contributed by atoms with Gasteiger partial charge >= 0.3 is 5.97 Å². The van der Waals surface area contributed by atoms with E-state index < -0.39 is 0 Å². The highest BCUT2D eigenvalue weighted by atomic mass is 19.1. The molecular weight excluding hydrogens is 221 g/mol. The van der Waals surface area contributed by atoms with Crippen LogP contribution in [0.2, 0.25) is 0 Å². The first kappa shape index (κ1) is 11.9. The quantitative estimate of drug-likeness (QED) is 0.754. The monoisotopic (exact) mass is 237 g/mol. The minimum atomic E-state index is -0.270. The van der Waals surface area contributed by atoms with Crippen LogP contribution >= 0.6 is 0 Å². The van der Waals surface area contributed by atoms with Gasteiger partial charge in [0.05, 0.1) is 6.10 Å². The summed E-state index contributed by atoms with van der Waals surface area (Å²) in [5.74, 6) is -0.537. The average molecular weight is 237 g/mol. The minimum absolute atomic E-state index is 0.114. The van der Waals surface area contributed by atoms with Gasteiger partial charge in [-0.15, -0.1) is 0 Å². The van der Waals surface area contributed by atoms with Crippen LogP contribution in [0.15, 0.2) is 18.2 Å². The molecule has 0 aromatic heterocycles.